The molecule has 0 saturated carbocycles. The molecule has 2 heterocycles. The normalized spacial score (nSPS) is 21.2. The maximum absolute atomic E-state index is 12.8. The van der Waals surface area contributed by atoms with Crippen LogP contribution in [0.25, 0.3) is 0 Å². The minimum absolute atomic E-state index is 0.169. The second kappa shape index (κ2) is 6.56. The molecule has 2 N–H and O–H groups in total. The van der Waals surface area contributed by atoms with E-state index in [4.69, 9.17) is 5.73 Å². The first kappa shape index (κ1) is 15.9. The molecule has 0 amide bonds. The van der Waals surface area contributed by atoms with Crippen LogP contribution in [0.4, 0.5) is 0 Å². The highest BCUT2D eigenvalue weighted by molar-refractivity contribution is 7.91. The Morgan fingerprint density at radius 3 is 2.80 bits per heavy atom. The highest BCUT2D eigenvalue weighted by atomic mass is 32.2. The van der Waals surface area contributed by atoms with Gasteiger partial charge in [0.05, 0.1) is 0 Å². The number of nitrogens with zero attached hydrogens (tertiary/aromatic N) is 1. The Balaban J connectivity index is 2.31. The summed E-state index contributed by atoms with van der Waals surface area (Å²) in [6.07, 6.45) is 5.06. The standard InChI is InChI=1S/C14H24N2O2S2/c1-3-6-12-7-4-5-8-16(12)20(17,18)14-9-11(2)13(10-15)19-14/h9,12H,3-8,10,15H2,1-2H3. The lowest BCUT2D eigenvalue weighted by atomic mass is 10.0. The second-order valence-electron chi connectivity index (χ2n) is 5.43. The highest BCUT2D eigenvalue weighted by Crippen LogP contribution is 2.32. The van der Waals surface area contributed by atoms with Gasteiger partial charge in [-0.15, -0.1) is 11.3 Å². The molecule has 1 unspecified atom stereocenters. The summed E-state index contributed by atoms with van der Waals surface area (Å²) in [5.74, 6) is 0. The number of rotatable bonds is 5. The zero-order chi connectivity index (χ0) is 14.8. The van der Waals surface area contributed by atoms with E-state index in [9.17, 15) is 8.42 Å². The fraction of sp³-hybridized carbons (Fsp3) is 0.714. The Kier molecular flexibility index (Phi) is 5.23. The van der Waals surface area contributed by atoms with Gasteiger partial charge in [0, 0.05) is 24.0 Å². The molecule has 1 aromatic heterocycles. The molecule has 4 nitrogen and oxygen atoms in total. The largest absolute Gasteiger partial charge is 0.326 e. The molecule has 1 aliphatic heterocycles. The van der Waals surface area contributed by atoms with Crippen molar-refractivity contribution in [1.82, 2.24) is 4.31 Å². The lowest BCUT2D eigenvalue weighted by molar-refractivity contribution is 0.240. The number of hydrogen-bond acceptors (Lipinski definition) is 4. The van der Waals surface area contributed by atoms with Crippen LogP contribution in [0, 0.1) is 6.92 Å². The van der Waals surface area contributed by atoms with Gasteiger partial charge in [0.2, 0.25) is 0 Å². The number of sulfonamides is 1. The first-order valence-electron chi connectivity index (χ1n) is 7.32. The summed E-state index contributed by atoms with van der Waals surface area (Å²) >= 11 is 1.33. The van der Waals surface area contributed by atoms with E-state index in [1.165, 1.54) is 11.3 Å². The smallest absolute Gasteiger partial charge is 0.252 e. The predicted molar refractivity (Wildman–Crippen MR) is 83.4 cm³/mol. The molecule has 0 bridgehead atoms. The molecule has 0 spiro atoms. The molecule has 0 radical (unpaired) electrons. The first-order chi connectivity index (χ1) is 9.50. The summed E-state index contributed by atoms with van der Waals surface area (Å²) in [4.78, 5) is 0.965. The van der Waals surface area contributed by atoms with Crippen molar-refractivity contribution in [3.05, 3.63) is 16.5 Å². The van der Waals surface area contributed by atoms with E-state index in [2.05, 4.69) is 6.92 Å². The Hall–Kier alpha value is -0.430. The summed E-state index contributed by atoms with van der Waals surface area (Å²) in [6, 6.07) is 1.95. The molecule has 0 aliphatic carbocycles. The molecule has 1 aromatic rings. The number of hydrogen-bond donors (Lipinski definition) is 1. The summed E-state index contributed by atoms with van der Waals surface area (Å²) in [5, 5.41) is 0. The number of piperidine rings is 1. The maximum atomic E-state index is 12.8. The van der Waals surface area contributed by atoms with Gasteiger partial charge < -0.3 is 5.73 Å². The molecule has 1 atom stereocenters. The van der Waals surface area contributed by atoms with E-state index in [0.29, 0.717) is 17.3 Å². The van der Waals surface area contributed by atoms with Crippen LogP contribution in [-0.2, 0) is 16.6 Å². The Morgan fingerprint density at radius 1 is 1.45 bits per heavy atom. The van der Waals surface area contributed by atoms with Gasteiger partial charge in [-0.2, -0.15) is 4.31 Å². The topological polar surface area (TPSA) is 63.4 Å². The quantitative estimate of drug-likeness (QED) is 0.908. The van der Waals surface area contributed by atoms with Gasteiger partial charge in [-0.05, 0) is 37.8 Å². The summed E-state index contributed by atoms with van der Waals surface area (Å²) < 4.78 is 27.9. The fourth-order valence-electron chi connectivity index (χ4n) is 2.85. The molecule has 1 saturated heterocycles. The van der Waals surface area contributed by atoms with Crippen molar-refractivity contribution in [3.8, 4) is 0 Å². The third-order valence-electron chi connectivity index (χ3n) is 3.94. The second-order valence-corrected chi connectivity index (χ2v) is 8.68. The number of aryl methyl sites for hydroxylation is 1. The maximum Gasteiger partial charge on any atom is 0.252 e. The fourth-order valence-corrected chi connectivity index (χ4v) is 6.17. The molecule has 114 valence electrons. The minimum Gasteiger partial charge on any atom is -0.326 e. The lowest BCUT2D eigenvalue weighted by Gasteiger charge is -2.34. The summed E-state index contributed by atoms with van der Waals surface area (Å²) in [5.41, 5.74) is 6.65. The van der Waals surface area contributed by atoms with E-state index in [-0.39, 0.29) is 6.04 Å². The van der Waals surface area contributed by atoms with Crippen LogP contribution in [0.3, 0.4) is 0 Å². The van der Waals surface area contributed by atoms with Gasteiger partial charge in [-0.25, -0.2) is 8.42 Å². The predicted octanol–water partition coefficient (Wildman–Crippen LogP) is 2.86. The van der Waals surface area contributed by atoms with Gasteiger partial charge in [-0.1, -0.05) is 19.8 Å². The van der Waals surface area contributed by atoms with Crippen LogP contribution in [0.15, 0.2) is 10.3 Å². The lowest BCUT2D eigenvalue weighted by Crippen LogP contribution is -2.43. The van der Waals surface area contributed by atoms with Crippen LogP contribution in [0.1, 0.15) is 49.5 Å². The number of nitrogens with two attached hydrogens (primary N) is 1. The minimum atomic E-state index is -3.35. The van der Waals surface area contributed by atoms with Crippen molar-refractivity contribution in [2.24, 2.45) is 5.73 Å². The van der Waals surface area contributed by atoms with Crippen molar-refractivity contribution in [2.75, 3.05) is 6.54 Å². The molecular formula is C14H24N2O2S2. The van der Waals surface area contributed by atoms with E-state index in [0.717, 1.165) is 42.5 Å². The van der Waals surface area contributed by atoms with Crippen LogP contribution in [-0.4, -0.2) is 25.3 Å². The van der Waals surface area contributed by atoms with Crippen LogP contribution in [0.2, 0.25) is 0 Å². The average molecular weight is 316 g/mol. The first-order valence-corrected chi connectivity index (χ1v) is 9.57. The molecule has 6 heteroatoms. The average Bonchev–Trinajstić information content (AvgIpc) is 2.81. The molecule has 0 aromatic carbocycles. The summed E-state index contributed by atoms with van der Waals surface area (Å²) in [7, 11) is -3.35. The molecule has 20 heavy (non-hydrogen) atoms. The van der Waals surface area contributed by atoms with E-state index in [1.807, 2.05) is 6.92 Å². The molecule has 2 rings (SSSR count). The monoisotopic (exact) mass is 316 g/mol. The van der Waals surface area contributed by atoms with Crippen molar-refractivity contribution in [3.63, 3.8) is 0 Å². The van der Waals surface area contributed by atoms with Gasteiger partial charge in [0.25, 0.3) is 10.0 Å². The zero-order valence-corrected chi connectivity index (χ0v) is 13.9. The SMILES string of the molecule is CCCC1CCCCN1S(=O)(=O)c1cc(C)c(CN)s1. The third-order valence-corrected chi connectivity index (χ3v) is 7.60. The molecule has 1 aliphatic rings. The van der Waals surface area contributed by atoms with E-state index >= 15 is 0 Å². The van der Waals surface area contributed by atoms with Crippen molar-refractivity contribution in [1.29, 1.82) is 0 Å². The van der Waals surface area contributed by atoms with Gasteiger partial charge in [0.15, 0.2) is 0 Å². The zero-order valence-electron chi connectivity index (χ0n) is 12.3. The van der Waals surface area contributed by atoms with E-state index < -0.39 is 10.0 Å². The van der Waals surface area contributed by atoms with Gasteiger partial charge in [0.1, 0.15) is 4.21 Å². The highest BCUT2D eigenvalue weighted by Gasteiger charge is 2.34. The van der Waals surface area contributed by atoms with Crippen molar-refractivity contribution in [2.45, 2.75) is 62.7 Å². The van der Waals surface area contributed by atoms with Gasteiger partial charge in [-0.3, -0.25) is 0 Å². The Bertz CT molecular complexity index is 550. The Morgan fingerprint density at radius 2 is 2.20 bits per heavy atom. The summed E-state index contributed by atoms with van der Waals surface area (Å²) in [6.45, 7) is 5.10. The molecule has 1 fully saturated rings. The third kappa shape index (κ3) is 3.08. The van der Waals surface area contributed by atoms with Crippen LogP contribution >= 0.6 is 11.3 Å². The van der Waals surface area contributed by atoms with Crippen molar-refractivity contribution < 1.29 is 8.42 Å². The van der Waals surface area contributed by atoms with Crippen LogP contribution in [0.5, 0.6) is 0 Å². The molecular weight excluding hydrogens is 292 g/mol. The van der Waals surface area contributed by atoms with Crippen molar-refractivity contribution >= 4 is 21.4 Å². The Labute approximate surface area is 126 Å². The van der Waals surface area contributed by atoms with Gasteiger partial charge >= 0.3 is 0 Å². The number of thiophene rings is 1. The van der Waals surface area contributed by atoms with E-state index in [1.54, 1.807) is 10.4 Å². The van der Waals surface area contributed by atoms with Crippen LogP contribution < -0.4 is 5.73 Å².